The van der Waals surface area contributed by atoms with Gasteiger partial charge >= 0.3 is 6.09 Å². The lowest BCUT2D eigenvalue weighted by Crippen LogP contribution is -2.33. The number of halogens is 1. The van der Waals surface area contributed by atoms with Crippen molar-refractivity contribution in [2.45, 2.75) is 25.9 Å². The fraction of sp³-hybridized carbons (Fsp3) is 0.462. The van der Waals surface area contributed by atoms with Gasteiger partial charge in [0.15, 0.2) is 5.82 Å². The number of hydrogen-bond acceptors (Lipinski definition) is 5. The van der Waals surface area contributed by atoms with Gasteiger partial charge in [-0.1, -0.05) is 0 Å². The van der Waals surface area contributed by atoms with Crippen molar-refractivity contribution in [2.75, 3.05) is 19.0 Å². The number of nitrogens with zero attached hydrogens (tertiary/aromatic N) is 2. The smallest absolute Gasteiger partial charge is 0.405 e. The number of carbonyl (C=O) groups excluding carboxylic acids is 1. The van der Waals surface area contributed by atoms with E-state index in [2.05, 4.69) is 0 Å². The Morgan fingerprint density at radius 1 is 1.48 bits per heavy atom. The van der Waals surface area contributed by atoms with E-state index in [-0.39, 0.29) is 23.4 Å². The molecule has 0 bridgehead atoms. The SMILES string of the molecule is CN(C)c1cc(CC(C)(C)OC(N)=O)c([N+](=O)[O-])cc1F. The third-order valence-corrected chi connectivity index (χ3v) is 2.82. The van der Waals surface area contributed by atoms with Crippen molar-refractivity contribution in [1.82, 2.24) is 0 Å². The molecule has 0 aliphatic heterocycles. The maximum absolute atomic E-state index is 13.8. The number of amides is 1. The first-order valence-corrected chi connectivity index (χ1v) is 6.16. The van der Waals surface area contributed by atoms with Crippen molar-refractivity contribution in [1.29, 1.82) is 0 Å². The Labute approximate surface area is 121 Å². The molecule has 0 aliphatic rings. The van der Waals surface area contributed by atoms with Crippen LogP contribution < -0.4 is 10.6 Å². The third kappa shape index (κ3) is 4.30. The molecule has 116 valence electrons. The summed E-state index contributed by atoms with van der Waals surface area (Å²) >= 11 is 0. The molecule has 0 aromatic heterocycles. The molecule has 1 aromatic carbocycles. The average Bonchev–Trinajstić information content (AvgIpc) is 2.27. The number of benzene rings is 1. The summed E-state index contributed by atoms with van der Waals surface area (Å²) in [6.07, 6.45) is -0.939. The zero-order valence-corrected chi connectivity index (χ0v) is 12.3. The molecule has 0 fully saturated rings. The van der Waals surface area contributed by atoms with E-state index >= 15 is 0 Å². The van der Waals surface area contributed by atoms with Crippen molar-refractivity contribution >= 4 is 17.5 Å². The van der Waals surface area contributed by atoms with Gasteiger partial charge in [0.05, 0.1) is 16.7 Å². The van der Waals surface area contributed by atoms with Crippen molar-refractivity contribution in [3.8, 4) is 0 Å². The lowest BCUT2D eigenvalue weighted by atomic mass is 9.96. The predicted molar refractivity (Wildman–Crippen MR) is 75.8 cm³/mol. The van der Waals surface area contributed by atoms with Crippen molar-refractivity contribution in [3.63, 3.8) is 0 Å². The first-order valence-electron chi connectivity index (χ1n) is 6.16. The summed E-state index contributed by atoms with van der Waals surface area (Å²) in [6, 6.07) is 2.24. The average molecular weight is 299 g/mol. The quantitative estimate of drug-likeness (QED) is 0.664. The summed E-state index contributed by atoms with van der Waals surface area (Å²) in [4.78, 5) is 22.7. The number of nitro benzene ring substituents is 1. The Morgan fingerprint density at radius 2 is 2.05 bits per heavy atom. The molecule has 0 aliphatic carbocycles. The van der Waals surface area contributed by atoms with E-state index in [4.69, 9.17) is 10.5 Å². The van der Waals surface area contributed by atoms with Crippen LogP contribution in [-0.4, -0.2) is 30.7 Å². The lowest BCUT2D eigenvalue weighted by Gasteiger charge is -2.24. The molecule has 1 aromatic rings. The molecule has 0 heterocycles. The molecular formula is C13H18FN3O4. The third-order valence-electron chi connectivity index (χ3n) is 2.82. The van der Waals surface area contributed by atoms with Crippen LogP contribution in [0, 0.1) is 15.9 Å². The number of anilines is 1. The molecule has 21 heavy (non-hydrogen) atoms. The number of nitro groups is 1. The van der Waals surface area contributed by atoms with Gasteiger partial charge in [0.2, 0.25) is 0 Å². The molecule has 1 amide bonds. The highest BCUT2D eigenvalue weighted by molar-refractivity contribution is 5.65. The van der Waals surface area contributed by atoms with Crippen LogP contribution in [-0.2, 0) is 11.2 Å². The van der Waals surface area contributed by atoms with Crippen molar-refractivity contribution in [2.24, 2.45) is 5.73 Å². The normalized spacial score (nSPS) is 11.1. The first kappa shape index (κ1) is 16.7. The van der Waals surface area contributed by atoms with Gasteiger partial charge in [-0.05, 0) is 19.9 Å². The lowest BCUT2D eigenvalue weighted by molar-refractivity contribution is -0.385. The van der Waals surface area contributed by atoms with Crippen LogP contribution in [0.4, 0.5) is 20.6 Å². The van der Waals surface area contributed by atoms with Gasteiger partial charge in [-0.3, -0.25) is 10.1 Å². The fourth-order valence-corrected chi connectivity index (χ4v) is 2.02. The van der Waals surface area contributed by atoms with Gasteiger partial charge in [0.1, 0.15) is 5.60 Å². The number of ether oxygens (including phenoxy) is 1. The van der Waals surface area contributed by atoms with Gasteiger partial charge in [-0.15, -0.1) is 0 Å². The standard InChI is InChI=1S/C13H18FN3O4/c1-13(2,21-12(15)18)7-8-5-11(16(3)4)9(14)6-10(8)17(19)20/h5-6H,7H2,1-4H3,(H2,15,18). The molecule has 8 heteroatoms. The van der Waals surface area contributed by atoms with Crippen LogP contribution in [0.15, 0.2) is 12.1 Å². The van der Waals surface area contributed by atoms with Crippen LogP contribution in [0.5, 0.6) is 0 Å². The summed E-state index contributed by atoms with van der Waals surface area (Å²) in [5.41, 5.74) is 4.04. The zero-order valence-electron chi connectivity index (χ0n) is 12.3. The minimum Gasteiger partial charge on any atom is -0.443 e. The topological polar surface area (TPSA) is 98.7 Å². The van der Waals surface area contributed by atoms with Gasteiger partial charge in [0.25, 0.3) is 5.69 Å². The van der Waals surface area contributed by atoms with Gasteiger partial charge < -0.3 is 15.4 Å². The molecule has 0 radical (unpaired) electrons. The number of rotatable bonds is 5. The van der Waals surface area contributed by atoms with Gasteiger partial charge in [-0.2, -0.15) is 0 Å². The Balaban J connectivity index is 3.29. The predicted octanol–water partition coefficient (Wildman–Crippen LogP) is 2.22. The van der Waals surface area contributed by atoms with Crippen molar-refractivity contribution in [3.05, 3.63) is 33.6 Å². The van der Waals surface area contributed by atoms with Gasteiger partial charge in [-0.25, -0.2) is 9.18 Å². The molecule has 0 atom stereocenters. The highest BCUT2D eigenvalue weighted by Crippen LogP contribution is 2.31. The highest BCUT2D eigenvalue weighted by atomic mass is 19.1. The maximum atomic E-state index is 13.8. The largest absolute Gasteiger partial charge is 0.443 e. The summed E-state index contributed by atoms with van der Waals surface area (Å²) in [7, 11) is 3.25. The van der Waals surface area contributed by atoms with E-state index in [9.17, 15) is 19.3 Å². The van der Waals surface area contributed by atoms with E-state index in [0.29, 0.717) is 0 Å². The number of carbonyl (C=O) groups is 1. The van der Waals surface area contributed by atoms with Crippen molar-refractivity contribution < 1.29 is 18.8 Å². The number of hydrogen-bond donors (Lipinski definition) is 1. The van der Waals surface area contributed by atoms with Crippen LogP contribution in [0.25, 0.3) is 0 Å². The molecule has 7 nitrogen and oxygen atoms in total. The molecule has 0 saturated heterocycles. The minimum atomic E-state index is -1.04. The molecule has 2 N–H and O–H groups in total. The van der Waals surface area contributed by atoms with E-state index in [1.165, 1.54) is 11.0 Å². The number of primary amides is 1. The second-order valence-electron chi connectivity index (χ2n) is 5.44. The highest BCUT2D eigenvalue weighted by Gasteiger charge is 2.28. The Hall–Kier alpha value is -2.38. The molecular weight excluding hydrogens is 281 g/mol. The minimum absolute atomic E-state index is 0.0351. The Kier molecular flexibility index (Phi) is 4.72. The molecule has 1 rings (SSSR count). The summed E-state index contributed by atoms with van der Waals surface area (Å²) in [6.45, 7) is 3.14. The second kappa shape index (κ2) is 5.94. The second-order valence-corrected chi connectivity index (χ2v) is 5.44. The summed E-state index contributed by atoms with van der Waals surface area (Å²) in [5, 5.41) is 11.1. The molecule has 0 spiro atoms. The van der Waals surface area contributed by atoms with E-state index in [1.807, 2.05) is 0 Å². The number of nitrogens with two attached hydrogens (primary N) is 1. The monoisotopic (exact) mass is 299 g/mol. The fourth-order valence-electron chi connectivity index (χ4n) is 2.02. The van der Waals surface area contributed by atoms with E-state index in [1.54, 1.807) is 27.9 Å². The zero-order chi connectivity index (χ0) is 16.4. The Morgan fingerprint density at radius 3 is 2.48 bits per heavy atom. The molecule has 0 saturated carbocycles. The molecule has 0 unspecified atom stereocenters. The van der Waals surface area contributed by atoms with Crippen LogP contribution >= 0.6 is 0 Å². The first-order chi connectivity index (χ1) is 9.53. The van der Waals surface area contributed by atoms with Crippen LogP contribution in [0.3, 0.4) is 0 Å². The van der Waals surface area contributed by atoms with Crippen LogP contribution in [0.2, 0.25) is 0 Å². The summed E-state index contributed by atoms with van der Waals surface area (Å²) in [5.74, 6) is -0.691. The van der Waals surface area contributed by atoms with Crippen LogP contribution in [0.1, 0.15) is 19.4 Å². The van der Waals surface area contributed by atoms with Gasteiger partial charge in [0, 0.05) is 26.1 Å². The van der Waals surface area contributed by atoms with E-state index < -0.39 is 22.4 Å². The Bertz CT molecular complexity index is 573. The maximum Gasteiger partial charge on any atom is 0.405 e. The summed E-state index contributed by atoms with van der Waals surface area (Å²) < 4.78 is 18.7. The van der Waals surface area contributed by atoms with E-state index in [0.717, 1.165) is 6.07 Å².